The van der Waals surface area contributed by atoms with Gasteiger partial charge in [-0.1, -0.05) is 51.8 Å². The number of hydrogen-bond donors (Lipinski definition) is 5. The van der Waals surface area contributed by atoms with Crippen molar-refractivity contribution < 1.29 is 53.8 Å². The molecule has 5 rings (SSSR count). The summed E-state index contributed by atoms with van der Waals surface area (Å²) in [6.07, 6.45) is 8.84. The number of fused-ring (bicyclic) bond motifs is 14. The van der Waals surface area contributed by atoms with Crippen LogP contribution in [0.3, 0.4) is 0 Å². The van der Waals surface area contributed by atoms with Crippen LogP contribution < -0.4 is 10.1 Å². The summed E-state index contributed by atoms with van der Waals surface area (Å²) in [6.45, 7) is 18.0. The van der Waals surface area contributed by atoms with Gasteiger partial charge >= 0.3 is 11.8 Å². The van der Waals surface area contributed by atoms with E-state index < -0.39 is 77.3 Å². The second-order valence-corrected chi connectivity index (χ2v) is 15.1. The predicted octanol–water partition coefficient (Wildman–Crippen LogP) is 6.32. The van der Waals surface area contributed by atoms with Gasteiger partial charge in [-0.3, -0.25) is 14.4 Å². The lowest BCUT2D eigenvalue weighted by molar-refractivity contribution is -0.160. The number of phenolic OH excluding ortho intramolecular Hbond substituents is 2. The van der Waals surface area contributed by atoms with Crippen LogP contribution in [0.25, 0.3) is 10.8 Å². The number of hydrogen-bond acceptors (Lipinski definition) is 11. The number of aliphatic hydroxyl groups is 2. The number of aryl methyl sites for hydroxylation is 1. The third-order valence-electron chi connectivity index (χ3n) is 11.0. The number of amides is 1. The van der Waals surface area contributed by atoms with Gasteiger partial charge in [0.25, 0.3) is 11.7 Å². The zero-order valence-corrected chi connectivity index (χ0v) is 36.2. The number of anilines is 1. The maximum Gasteiger partial charge on any atom is 0.312 e. The number of terminal acetylenes is 1. The fraction of sp³-hybridized carbons (Fsp3) is 0.438. The zero-order chi connectivity index (χ0) is 45.2. The molecule has 1 amide bonds. The van der Waals surface area contributed by atoms with E-state index in [0.717, 1.165) is 0 Å². The minimum absolute atomic E-state index is 0.0181. The van der Waals surface area contributed by atoms with Crippen molar-refractivity contribution in [3.8, 4) is 65.1 Å². The van der Waals surface area contributed by atoms with Crippen molar-refractivity contribution in [1.29, 1.82) is 0 Å². The predicted molar refractivity (Wildman–Crippen MR) is 229 cm³/mol. The molecular weight excluding hydrogens is 767 g/mol. The van der Waals surface area contributed by atoms with Crippen LogP contribution >= 0.6 is 0 Å². The number of aliphatic hydroxyl groups excluding tert-OH is 2. The number of phenols is 2. The van der Waals surface area contributed by atoms with Gasteiger partial charge in [0, 0.05) is 61.2 Å². The summed E-state index contributed by atoms with van der Waals surface area (Å²) >= 11 is 0. The number of Topliss-reactive ketones (excluding diaryl/α,β-unsaturated/α-hetero) is 1. The molecule has 3 aliphatic heterocycles. The summed E-state index contributed by atoms with van der Waals surface area (Å²) in [6, 6.07) is 0. The van der Waals surface area contributed by atoms with E-state index in [4.69, 9.17) is 25.4 Å². The molecule has 318 valence electrons. The molecule has 2 aromatic rings. The topological polar surface area (TPSA) is 181 Å². The number of rotatable bonds is 2. The average Bonchev–Trinajstić information content (AvgIpc) is 3.48. The molecule has 2 aromatic carbocycles. The van der Waals surface area contributed by atoms with Crippen molar-refractivity contribution in [2.75, 3.05) is 12.4 Å². The second kappa shape index (κ2) is 20.7. The Morgan fingerprint density at radius 3 is 2.10 bits per heavy atom. The molecule has 3 heterocycles. The van der Waals surface area contributed by atoms with E-state index in [9.17, 15) is 34.8 Å². The molecule has 5 N–H and O–H groups in total. The Bertz CT molecular complexity index is 2330. The highest BCUT2D eigenvalue weighted by Gasteiger charge is 2.49. The van der Waals surface area contributed by atoms with Crippen molar-refractivity contribution in [2.45, 2.75) is 106 Å². The SMILES string of the molecule is C#CC#CC#CC#CC.COC1/C=C\OC2(C)Oc3c(C)c(O)c4c(O)c(c(C)c(C)c4c3C2=O)NC(=O)/C(C)=C\C=C\C(C)C(O)C(C)C(O)C(C)C(OC(C)=O)C1C. The number of carbonyl (C=O) groups excluding carboxylic acids is 3. The molecule has 0 aliphatic carbocycles. The van der Waals surface area contributed by atoms with E-state index in [1.807, 2.05) is 0 Å². The lowest BCUT2D eigenvalue weighted by Gasteiger charge is -2.38. The molecule has 5 bridgehead atoms. The van der Waals surface area contributed by atoms with Crippen LogP contribution in [0.5, 0.6) is 17.2 Å². The normalized spacial score (nSPS) is 28.4. The van der Waals surface area contributed by atoms with Crippen molar-refractivity contribution in [1.82, 2.24) is 0 Å². The summed E-state index contributed by atoms with van der Waals surface area (Å²) in [5.41, 5.74) is 1.65. The monoisotopic (exact) mass is 821 g/mol. The smallest absolute Gasteiger partial charge is 0.312 e. The van der Waals surface area contributed by atoms with E-state index in [1.165, 1.54) is 27.2 Å². The van der Waals surface area contributed by atoms with E-state index in [1.54, 1.807) is 86.6 Å². The Kier molecular flexibility index (Phi) is 16.6. The van der Waals surface area contributed by atoms with Crippen LogP contribution in [0, 0.1) is 92.3 Å². The highest BCUT2D eigenvalue weighted by Crippen LogP contribution is 2.53. The highest BCUT2D eigenvalue weighted by atomic mass is 16.7. The van der Waals surface area contributed by atoms with Gasteiger partial charge in [-0.25, -0.2) is 0 Å². The zero-order valence-electron chi connectivity index (χ0n) is 36.2. The number of carbonyl (C=O) groups is 3. The van der Waals surface area contributed by atoms with Crippen LogP contribution in [-0.2, 0) is 23.8 Å². The van der Waals surface area contributed by atoms with E-state index in [0.29, 0.717) is 11.1 Å². The molecule has 3 aliphatic rings. The Balaban J connectivity index is 0.000000954. The van der Waals surface area contributed by atoms with Crippen molar-refractivity contribution in [2.24, 2.45) is 23.7 Å². The third kappa shape index (κ3) is 10.3. The van der Waals surface area contributed by atoms with Gasteiger partial charge in [-0.05, 0) is 87.3 Å². The summed E-state index contributed by atoms with van der Waals surface area (Å²) in [5.74, 6) is 10.5. The van der Waals surface area contributed by atoms with E-state index >= 15 is 0 Å². The van der Waals surface area contributed by atoms with E-state index in [2.05, 4.69) is 46.8 Å². The first kappa shape index (κ1) is 48.2. The molecular formula is C48H55NO11. The van der Waals surface area contributed by atoms with Crippen LogP contribution in [-0.4, -0.2) is 75.4 Å². The molecule has 12 nitrogen and oxygen atoms in total. The quantitative estimate of drug-likeness (QED) is 0.130. The van der Waals surface area contributed by atoms with Crippen molar-refractivity contribution in [3.63, 3.8) is 0 Å². The molecule has 0 saturated carbocycles. The van der Waals surface area contributed by atoms with Gasteiger partial charge in [0.05, 0.1) is 41.2 Å². The number of methoxy groups -OCH3 is 1. The fourth-order valence-electron chi connectivity index (χ4n) is 7.28. The maximum absolute atomic E-state index is 14.1. The lowest BCUT2D eigenvalue weighted by atomic mass is 9.78. The van der Waals surface area contributed by atoms with E-state index in [-0.39, 0.29) is 44.7 Å². The van der Waals surface area contributed by atoms with Gasteiger partial charge in [-0.15, -0.1) is 6.42 Å². The molecule has 0 radical (unpaired) electrons. The van der Waals surface area contributed by atoms with Gasteiger partial charge in [0.15, 0.2) is 5.75 Å². The number of benzene rings is 2. The molecule has 9 atom stereocenters. The maximum atomic E-state index is 14.1. The minimum atomic E-state index is -1.88. The number of esters is 1. The number of ether oxygens (including phenoxy) is 4. The second-order valence-electron chi connectivity index (χ2n) is 15.1. The molecule has 9 unspecified atom stereocenters. The molecule has 12 heteroatoms. The Hall–Kier alpha value is -6.15. The number of ketones is 1. The van der Waals surface area contributed by atoms with Gasteiger partial charge in [-0.2, -0.15) is 0 Å². The third-order valence-corrected chi connectivity index (χ3v) is 11.0. The van der Waals surface area contributed by atoms with Crippen molar-refractivity contribution >= 4 is 34.1 Å². The number of allylic oxidation sites excluding steroid dienone is 2. The first-order valence-corrected chi connectivity index (χ1v) is 19.4. The summed E-state index contributed by atoms with van der Waals surface area (Å²) in [5, 5.41) is 48.5. The first-order chi connectivity index (χ1) is 28.2. The number of aromatic hydroxyl groups is 2. The standard InChI is InChI=1S/C39H51NO11.C9H4/c1-17-13-12-14-18(2)38(47)40-30-20(4)19(3)27-28(34(30)45)33(44)24(8)36-29(27)37(46)39(10,51-36)49-16-15-26(48-11)21(5)35(50-25(9)41)23(7)32(43)22(6)31(17)42;1-3-5-7-9-8-6-4-2/h12-17,21-23,26,31-32,35,42-45H,1-11H3,(H,40,47);1H,2H3/b13-12+,16-15-,18-14-;. The summed E-state index contributed by atoms with van der Waals surface area (Å²) < 4.78 is 23.5. The van der Waals surface area contributed by atoms with Gasteiger partial charge in [0.1, 0.15) is 17.6 Å². The average molecular weight is 822 g/mol. The lowest BCUT2D eigenvalue weighted by Crippen LogP contribution is -2.46. The molecule has 0 aromatic heterocycles. The van der Waals surface area contributed by atoms with Crippen LogP contribution in [0.4, 0.5) is 5.69 Å². The van der Waals surface area contributed by atoms with Crippen molar-refractivity contribution in [3.05, 3.63) is 58.4 Å². The van der Waals surface area contributed by atoms with Crippen LogP contribution in [0.2, 0.25) is 0 Å². The largest absolute Gasteiger partial charge is 0.507 e. The fourth-order valence-corrected chi connectivity index (χ4v) is 7.28. The van der Waals surface area contributed by atoms with Crippen LogP contribution in [0.15, 0.2) is 36.1 Å². The molecule has 0 fully saturated rings. The molecule has 60 heavy (non-hydrogen) atoms. The summed E-state index contributed by atoms with van der Waals surface area (Å²) in [4.78, 5) is 39.7. The Morgan fingerprint density at radius 2 is 1.50 bits per heavy atom. The van der Waals surface area contributed by atoms with Gasteiger partial charge < -0.3 is 44.7 Å². The highest BCUT2D eigenvalue weighted by molar-refractivity contribution is 6.21. The van der Waals surface area contributed by atoms with Gasteiger partial charge in [0.2, 0.25) is 0 Å². The minimum Gasteiger partial charge on any atom is -0.507 e. The molecule has 0 saturated heterocycles. The summed E-state index contributed by atoms with van der Waals surface area (Å²) in [7, 11) is 1.46. The number of nitrogens with one attached hydrogen (secondary N) is 1. The van der Waals surface area contributed by atoms with Crippen LogP contribution in [0.1, 0.15) is 82.4 Å². The molecule has 0 spiro atoms. The Labute approximate surface area is 353 Å². The Morgan fingerprint density at radius 1 is 0.867 bits per heavy atom. The first-order valence-electron chi connectivity index (χ1n) is 19.4.